The molecule has 0 radical (unpaired) electrons. The number of ether oxygens (including phenoxy) is 1. The van der Waals surface area contributed by atoms with Crippen molar-refractivity contribution in [3.8, 4) is 5.75 Å². The number of halogens is 3. The molecule has 3 N–H and O–H groups in total. The predicted molar refractivity (Wildman–Crippen MR) is 86.5 cm³/mol. The molecule has 0 amide bonds. The summed E-state index contributed by atoms with van der Waals surface area (Å²) in [4.78, 5) is 0. The molecule has 1 aromatic rings. The Balaban J connectivity index is 0.00000361. The van der Waals surface area contributed by atoms with Gasteiger partial charge in [0.25, 0.3) is 0 Å². The van der Waals surface area contributed by atoms with Gasteiger partial charge >= 0.3 is 0 Å². The molecule has 0 saturated carbocycles. The van der Waals surface area contributed by atoms with Gasteiger partial charge in [0.15, 0.2) is 0 Å². The molecule has 1 atom stereocenters. The summed E-state index contributed by atoms with van der Waals surface area (Å²) in [7, 11) is 1.59. The van der Waals surface area contributed by atoms with E-state index in [0.29, 0.717) is 28.9 Å². The first kappa shape index (κ1) is 19.8. The lowest BCUT2D eigenvalue weighted by Crippen LogP contribution is -2.31. The summed E-state index contributed by atoms with van der Waals surface area (Å²) in [5.74, 6) is 0.649. The van der Waals surface area contributed by atoms with E-state index in [9.17, 15) is 0 Å². The van der Waals surface area contributed by atoms with Gasteiger partial charge in [-0.25, -0.2) is 0 Å². The number of aliphatic hydroxyl groups excluding tert-OH is 1. The fourth-order valence-electron chi connectivity index (χ4n) is 1.68. The Morgan fingerprint density at radius 1 is 1.25 bits per heavy atom. The van der Waals surface area contributed by atoms with Gasteiger partial charge in [-0.2, -0.15) is 0 Å². The lowest BCUT2D eigenvalue weighted by molar-refractivity contribution is 0.191. The van der Waals surface area contributed by atoms with Crippen molar-refractivity contribution in [3.05, 3.63) is 27.7 Å². The van der Waals surface area contributed by atoms with Crippen LogP contribution in [0, 0.1) is 0 Å². The zero-order valence-corrected chi connectivity index (χ0v) is 13.9. The fourth-order valence-corrected chi connectivity index (χ4v) is 2.30. The number of hydrogen-bond donors (Lipinski definition) is 3. The molecule has 0 aliphatic rings. The number of benzene rings is 1. The Labute approximate surface area is 136 Å². The third-order valence-electron chi connectivity index (χ3n) is 2.52. The summed E-state index contributed by atoms with van der Waals surface area (Å²) in [6.45, 7) is 4.52. The van der Waals surface area contributed by atoms with Crippen molar-refractivity contribution < 1.29 is 9.84 Å². The Kier molecular flexibility index (Phi) is 10.4. The van der Waals surface area contributed by atoms with Gasteiger partial charge in [0.2, 0.25) is 0 Å². The van der Waals surface area contributed by atoms with Gasteiger partial charge < -0.3 is 20.5 Å². The first-order valence-electron chi connectivity index (χ1n) is 6.16. The molecular weight excluding hydrogens is 323 g/mol. The Hall–Kier alpha value is -0.230. The normalized spacial score (nSPS) is 11.8. The van der Waals surface area contributed by atoms with E-state index in [1.54, 1.807) is 20.1 Å². The van der Waals surface area contributed by atoms with Crippen molar-refractivity contribution in [2.45, 2.75) is 19.6 Å². The lowest BCUT2D eigenvalue weighted by atomic mass is 10.2. The highest BCUT2D eigenvalue weighted by Crippen LogP contribution is 2.31. The molecule has 0 aliphatic carbocycles. The maximum absolute atomic E-state index is 9.09. The number of methoxy groups -OCH3 is 1. The lowest BCUT2D eigenvalue weighted by Gasteiger charge is -2.12. The third kappa shape index (κ3) is 6.97. The van der Waals surface area contributed by atoms with Crippen LogP contribution < -0.4 is 15.4 Å². The summed E-state index contributed by atoms with van der Waals surface area (Å²) < 4.78 is 5.26. The molecule has 1 aromatic carbocycles. The first-order chi connectivity index (χ1) is 9.04. The fraction of sp³-hybridized carbons (Fsp3) is 0.538. The third-order valence-corrected chi connectivity index (χ3v) is 3.02. The molecule has 1 rings (SSSR count). The average Bonchev–Trinajstić information content (AvgIpc) is 2.32. The van der Waals surface area contributed by atoms with Crippen molar-refractivity contribution in [3.63, 3.8) is 0 Å². The molecule has 0 aliphatic heterocycles. The zero-order chi connectivity index (χ0) is 14.3. The van der Waals surface area contributed by atoms with Gasteiger partial charge in [0, 0.05) is 36.8 Å². The summed E-state index contributed by atoms with van der Waals surface area (Å²) in [5, 5.41) is 16.6. The Bertz CT molecular complexity index is 403. The van der Waals surface area contributed by atoms with E-state index in [0.717, 1.165) is 18.7 Å². The van der Waals surface area contributed by atoms with Gasteiger partial charge in [-0.15, -0.1) is 12.4 Å². The highest BCUT2D eigenvalue weighted by atomic mass is 35.5. The van der Waals surface area contributed by atoms with Crippen LogP contribution in [-0.4, -0.2) is 38.0 Å². The van der Waals surface area contributed by atoms with Gasteiger partial charge in [0.1, 0.15) is 5.75 Å². The first-order valence-corrected chi connectivity index (χ1v) is 6.91. The SMILES string of the molecule is COc1c(Cl)cc(Cl)cc1CNCCNCC(C)O.Cl. The van der Waals surface area contributed by atoms with Gasteiger partial charge in [-0.1, -0.05) is 23.2 Å². The average molecular weight is 344 g/mol. The van der Waals surface area contributed by atoms with Gasteiger partial charge in [-0.3, -0.25) is 0 Å². The van der Waals surface area contributed by atoms with Crippen LogP contribution in [0.25, 0.3) is 0 Å². The topological polar surface area (TPSA) is 53.5 Å². The van der Waals surface area contributed by atoms with Crippen LogP contribution in [0.5, 0.6) is 5.75 Å². The summed E-state index contributed by atoms with van der Waals surface area (Å²) >= 11 is 12.0. The number of nitrogens with one attached hydrogen (secondary N) is 2. The molecule has 0 fully saturated rings. The molecule has 1 unspecified atom stereocenters. The highest BCUT2D eigenvalue weighted by molar-refractivity contribution is 6.35. The summed E-state index contributed by atoms with van der Waals surface area (Å²) in [6.07, 6.45) is -0.327. The number of rotatable bonds is 8. The van der Waals surface area contributed by atoms with Crippen molar-refractivity contribution in [2.75, 3.05) is 26.7 Å². The van der Waals surface area contributed by atoms with Crippen molar-refractivity contribution >= 4 is 35.6 Å². The molecule has 7 heteroatoms. The van der Waals surface area contributed by atoms with E-state index in [-0.39, 0.29) is 18.5 Å². The monoisotopic (exact) mass is 342 g/mol. The van der Waals surface area contributed by atoms with Crippen molar-refractivity contribution in [1.82, 2.24) is 10.6 Å². The smallest absolute Gasteiger partial charge is 0.142 e. The molecule has 0 heterocycles. The summed E-state index contributed by atoms with van der Waals surface area (Å²) in [5.41, 5.74) is 0.926. The zero-order valence-electron chi connectivity index (χ0n) is 11.6. The molecule has 0 bridgehead atoms. The molecule has 4 nitrogen and oxygen atoms in total. The second-order valence-corrected chi connectivity index (χ2v) is 5.15. The van der Waals surface area contributed by atoms with Crippen LogP contribution >= 0.6 is 35.6 Å². The van der Waals surface area contributed by atoms with E-state index in [2.05, 4.69) is 10.6 Å². The second-order valence-electron chi connectivity index (χ2n) is 4.31. The maximum Gasteiger partial charge on any atom is 0.142 e. The minimum atomic E-state index is -0.327. The van der Waals surface area contributed by atoms with Crippen LogP contribution in [0.1, 0.15) is 12.5 Å². The van der Waals surface area contributed by atoms with E-state index in [1.165, 1.54) is 0 Å². The standard InChI is InChI=1S/C13H20Cl2N2O2.ClH/c1-9(18)7-16-3-4-17-8-10-5-11(14)6-12(15)13(10)19-2;/h5-6,9,16-18H,3-4,7-8H2,1-2H3;1H. The molecule has 20 heavy (non-hydrogen) atoms. The number of hydrogen-bond acceptors (Lipinski definition) is 4. The van der Waals surface area contributed by atoms with Crippen LogP contribution in [0.2, 0.25) is 10.0 Å². The second kappa shape index (κ2) is 10.5. The van der Waals surface area contributed by atoms with Crippen LogP contribution in [-0.2, 0) is 6.54 Å². The van der Waals surface area contributed by atoms with Gasteiger partial charge in [-0.05, 0) is 19.1 Å². The molecule has 0 spiro atoms. The van der Waals surface area contributed by atoms with Crippen LogP contribution in [0.3, 0.4) is 0 Å². The van der Waals surface area contributed by atoms with Gasteiger partial charge in [0.05, 0.1) is 18.2 Å². The summed E-state index contributed by atoms with van der Waals surface area (Å²) in [6, 6.07) is 3.50. The van der Waals surface area contributed by atoms with Crippen molar-refractivity contribution in [2.24, 2.45) is 0 Å². The number of aliphatic hydroxyl groups is 1. The molecule has 0 saturated heterocycles. The van der Waals surface area contributed by atoms with E-state index < -0.39 is 0 Å². The Morgan fingerprint density at radius 2 is 1.90 bits per heavy atom. The predicted octanol–water partition coefficient (Wildman–Crippen LogP) is 2.48. The minimum absolute atomic E-state index is 0. The highest BCUT2D eigenvalue weighted by Gasteiger charge is 2.09. The molecular formula is C13H21Cl3N2O2. The molecule has 0 aromatic heterocycles. The van der Waals surface area contributed by atoms with Crippen molar-refractivity contribution in [1.29, 1.82) is 0 Å². The van der Waals surface area contributed by atoms with Crippen LogP contribution in [0.4, 0.5) is 0 Å². The van der Waals surface area contributed by atoms with Crippen LogP contribution in [0.15, 0.2) is 12.1 Å². The van der Waals surface area contributed by atoms with E-state index in [4.69, 9.17) is 33.0 Å². The quantitative estimate of drug-likeness (QED) is 0.635. The van der Waals surface area contributed by atoms with E-state index in [1.807, 2.05) is 6.07 Å². The largest absolute Gasteiger partial charge is 0.495 e. The van der Waals surface area contributed by atoms with E-state index >= 15 is 0 Å². The Morgan fingerprint density at radius 3 is 2.50 bits per heavy atom. The minimum Gasteiger partial charge on any atom is -0.495 e. The maximum atomic E-state index is 9.09. The molecule has 116 valence electrons.